The lowest BCUT2D eigenvalue weighted by atomic mass is 9.34. The van der Waals surface area contributed by atoms with Crippen molar-refractivity contribution in [3.05, 3.63) is 23.8 Å². The average Bonchev–Trinajstić information content (AvgIpc) is 3.49. The molecule has 0 amide bonds. The van der Waals surface area contributed by atoms with Crippen LogP contribution in [-0.4, -0.2) is 57.3 Å². The Morgan fingerprint density at radius 3 is 2.46 bits per heavy atom. The van der Waals surface area contributed by atoms with Gasteiger partial charge in [-0.15, -0.1) is 0 Å². The minimum atomic E-state index is -0.611. The SMILES string of the molecule is CCc1ncnn1[C@@H]1C[C@@]23COC[C@@](C)([C@@H]2CC[C@H]2C3=CC[C@@]3(C)[C@H](C(=O)O)[C@@](C)([C@H](C)C(C)C)CC[C@]23C)[C@H]1OC[C@](C)(N)C(C)C. The van der Waals surface area contributed by atoms with Crippen molar-refractivity contribution in [3.8, 4) is 0 Å². The zero-order chi connectivity index (χ0) is 35.2. The van der Waals surface area contributed by atoms with E-state index in [9.17, 15) is 9.90 Å². The molecule has 4 aliphatic carbocycles. The summed E-state index contributed by atoms with van der Waals surface area (Å²) in [5.41, 5.74) is 6.81. The van der Waals surface area contributed by atoms with E-state index in [-0.39, 0.29) is 45.1 Å². The lowest BCUT2D eigenvalue weighted by molar-refractivity contribution is -0.253. The molecular formula is C40H66N4O4. The fourth-order valence-corrected chi connectivity index (χ4v) is 12.4. The number of rotatable bonds is 9. The molecule has 0 spiro atoms. The molecule has 2 bridgehead atoms. The maximum absolute atomic E-state index is 13.5. The Morgan fingerprint density at radius 2 is 1.83 bits per heavy atom. The third-order valence-electron chi connectivity index (χ3n) is 16.3. The lowest BCUT2D eigenvalue weighted by Crippen LogP contribution is -2.69. The van der Waals surface area contributed by atoms with Gasteiger partial charge in [-0.25, -0.2) is 9.67 Å². The third-order valence-corrected chi connectivity index (χ3v) is 16.3. The number of hydrogen-bond donors (Lipinski definition) is 2. The topological polar surface area (TPSA) is 112 Å². The molecule has 48 heavy (non-hydrogen) atoms. The van der Waals surface area contributed by atoms with Crippen molar-refractivity contribution in [1.82, 2.24) is 14.8 Å². The number of aryl methyl sites for hydroxylation is 1. The molecular weight excluding hydrogens is 600 g/mol. The van der Waals surface area contributed by atoms with Gasteiger partial charge in [0.15, 0.2) is 0 Å². The van der Waals surface area contributed by atoms with Gasteiger partial charge in [-0.3, -0.25) is 4.79 Å². The van der Waals surface area contributed by atoms with Gasteiger partial charge in [0.1, 0.15) is 12.2 Å². The molecule has 1 aromatic rings. The second kappa shape index (κ2) is 11.9. The maximum Gasteiger partial charge on any atom is 0.307 e. The maximum atomic E-state index is 13.5. The summed E-state index contributed by atoms with van der Waals surface area (Å²) in [6.07, 6.45) is 10.8. The van der Waals surface area contributed by atoms with Gasteiger partial charge >= 0.3 is 5.97 Å². The summed E-state index contributed by atoms with van der Waals surface area (Å²) < 4.78 is 16.0. The number of carbonyl (C=O) groups is 1. The lowest BCUT2D eigenvalue weighted by Gasteiger charge is -2.71. The molecule has 0 aromatic carbocycles. The van der Waals surface area contributed by atoms with Gasteiger partial charge in [0, 0.05) is 22.8 Å². The Morgan fingerprint density at radius 1 is 1.12 bits per heavy atom. The number of aromatic nitrogens is 3. The van der Waals surface area contributed by atoms with E-state index in [1.165, 1.54) is 0 Å². The van der Waals surface area contributed by atoms with Crippen LogP contribution in [0.2, 0.25) is 0 Å². The van der Waals surface area contributed by atoms with E-state index in [0.717, 1.165) is 50.8 Å². The average molecular weight is 667 g/mol. The van der Waals surface area contributed by atoms with E-state index in [0.29, 0.717) is 43.5 Å². The molecule has 3 N–H and O–H groups in total. The van der Waals surface area contributed by atoms with Crippen molar-refractivity contribution in [2.24, 2.45) is 68.3 Å². The van der Waals surface area contributed by atoms with Crippen molar-refractivity contribution < 1.29 is 19.4 Å². The molecule has 4 fully saturated rings. The van der Waals surface area contributed by atoms with Crippen LogP contribution in [0.15, 0.2) is 18.0 Å². The van der Waals surface area contributed by atoms with Crippen LogP contribution in [0.1, 0.15) is 127 Å². The van der Waals surface area contributed by atoms with Crippen LogP contribution >= 0.6 is 0 Å². The smallest absolute Gasteiger partial charge is 0.307 e. The number of hydrogen-bond acceptors (Lipinski definition) is 6. The Hall–Kier alpha value is -1.77. The highest BCUT2D eigenvalue weighted by molar-refractivity contribution is 5.73. The Kier molecular flexibility index (Phi) is 8.93. The van der Waals surface area contributed by atoms with Crippen molar-refractivity contribution in [1.29, 1.82) is 0 Å². The molecule has 6 rings (SSSR count). The molecule has 0 unspecified atom stereocenters. The summed E-state index contributed by atoms with van der Waals surface area (Å²) in [4.78, 5) is 18.2. The van der Waals surface area contributed by atoms with Gasteiger partial charge in [-0.1, -0.05) is 80.9 Å². The Balaban J connectivity index is 1.46. The number of nitrogens with zero attached hydrogens (tertiary/aromatic N) is 3. The summed E-state index contributed by atoms with van der Waals surface area (Å²) in [5, 5.41) is 15.9. The van der Waals surface area contributed by atoms with E-state index in [1.807, 2.05) is 0 Å². The van der Waals surface area contributed by atoms with Crippen LogP contribution < -0.4 is 5.73 Å². The number of allylic oxidation sites excluding steroid dienone is 1. The second-order valence-electron chi connectivity index (χ2n) is 19.0. The molecule has 270 valence electrons. The first-order valence-electron chi connectivity index (χ1n) is 19.1. The predicted molar refractivity (Wildman–Crippen MR) is 189 cm³/mol. The van der Waals surface area contributed by atoms with E-state index < -0.39 is 17.4 Å². The van der Waals surface area contributed by atoms with E-state index in [1.54, 1.807) is 11.9 Å². The van der Waals surface area contributed by atoms with Crippen molar-refractivity contribution >= 4 is 5.97 Å². The normalized spacial score (nSPS) is 44.3. The number of nitrogens with two attached hydrogens (primary N) is 1. The quantitative estimate of drug-likeness (QED) is 0.260. The standard InChI is InChI=1S/C40H66N4O4/c1-12-31-42-23-43-44(31)29-19-40-22-47-20-36(8,33(29)48-21-39(11,41)25(4)5)30(40)14-13-27-28(40)15-16-38(10)32(34(45)46)35(7,26(6)24(2)3)17-18-37(27,38)9/h15,23-27,29-30,32-33H,12-14,16-22,41H2,1-11H3,(H,45,46)/t26-,27+,29-,30+,32-,33+,35-,36+,37-,38+,39+,40+/m1/s1. The minimum absolute atomic E-state index is 0.00429. The molecule has 8 heteroatoms. The molecule has 12 atom stereocenters. The molecule has 8 nitrogen and oxygen atoms in total. The van der Waals surface area contributed by atoms with E-state index in [4.69, 9.17) is 25.3 Å². The van der Waals surface area contributed by atoms with Crippen molar-refractivity contribution in [2.45, 2.75) is 139 Å². The minimum Gasteiger partial charge on any atom is -0.481 e. The predicted octanol–water partition coefficient (Wildman–Crippen LogP) is 7.73. The van der Waals surface area contributed by atoms with Crippen LogP contribution in [0.5, 0.6) is 0 Å². The van der Waals surface area contributed by atoms with Crippen LogP contribution in [-0.2, 0) is 20.7 Å². The molecule has 0 radical (unpaired) electrons. The van der Waals surface area contributed by atoms with E-state index >= 15 is 0 Å². The Labute approximate surface area is 290 Å². The van der Waals surface area contributed by atoms with Gasteiger partial charge in [0.25, 0.3) is 0 Å². The van der Waals surface area contributed by atoms with Crippen LogP contribution in [0.3, 0.4) is 0 Å². The zero-order valence-electron chi connectivity index (χ0n) is 31.9. The first kappa shape index (κ1) is 36.0. The summed E-state index contributed by atoms with van der Waals surface area (Å²) >= 11 is 0. The van der Waals surface area contributed by atoms with Crippen LogP contribution in [0.25, 0.3) is 0 Å². The number of carboxylic acid groups (broad SMARTS) is 1. The van der Waals surface area contributed by atoms with Gasteiger partial charge < -0.3 is 20.3 Å². The van der Waals surface area contributed by atoms with E-state index in [2.05, 4.69) is 86.9 Å². The van der Waals surface area contributed by atoms with Crippen molar-refractivity contribution in [2.75, 3.05) is 19.8 Å². The first-order valence-corrected chi connectivity index (χ1v) is 19.1. The van der Waals surface area contributed by atoms with Gasteiger partial charge in [0.05, 0.1) is 37.9 Å². The highest BCUT2D eigenvalue weighted by Gasteiger charge is 2.72. The van der Waals surface area contributed by atoms with Gasteiger partial charge in [0.2, 0.25) is 0 Å². The number of aliphatic carboxylic acids is 1. The monoisotopic (exact) mass is 667 g/mol. The zero-order valence-corrected chi connectivity index (χ0v) is 31.9. The fraction of sp³-hybridized carbons (Fsp3) is 0.875. The van der Waals surface area contributed by atoms with Crippen LogP contribution in [0, 0.1) is 62.6 Å². The molecule has 2 heterocycles. The summed E-state index contributed by atoms with van der Waals surface area (Å²) in [6.45, 7) is 26.7. The van der Waals surface area contributed by atoms with Crippen LogP contribution in [0.4, 0.5) is 0 Å². The number of ether oxygens (including phenoxy) is 2. The molecule has 1 saturated heterocycles. The van der Waals surface area contributed by atoms with Crippen molar-refractivity contribution in [3.63, 3.8) is 0 Å². The number of fused-ring (bicyclic) bond motifs is 3. The summed E-state index contributed by atoms with van der Waals surface area (Å²) in [7, 11) is 0. The third kappa shape index (κ3) is 4.87. The fourth-order valence-electron chi connectivity index (χ4n) is 12.4. The number of carboxylic acids is 1. The summed E-state index contributed by atoms with van der Waals surface area (Å²) in [5.74, 6) is 1.74. The second-order valence-corrected chi connectivity index (χ2v) is 19.0. The first-order chi connectivity index (χ1) is 22.3. The highest BCUT2D eigenvalue weighted by atomic mass is 16.5. The molecule has 1 aromatic heterocycles. The van der Waals surface area contributed by atoms with Gasteiger partial charge in [-0.05, 0) is 91.3 Å². The van der Waals surface area contributed by atoms with Gasteiger partial charge in [-0.2, -0.15) is 5.10 Å². The highest BCUT2D eigenvalue weighted by Crippen LogP contribution is 2.75. The molecule has 3 saturated carbocycles. The molecule has 5 aliphatic rings. The summed E-state index contributed by atoms with van der Waals surface area (Å²) in [6, 6.07) is 0.00429. The molecule has 1 aliphatic heterocycles. The largest absolute Gasteiger partial charge is 0.481 e. The Bertz CT molecular complexity index is 1420.